The second-order valence-corrected chi connectivity index (χ2v) is 8.03. The second kappa shape index (κ2) is 7.58. The molecule has 4 aromatic rings. The number of aromatic nitrogens is 2. The molecule has 0 saturated heterocycles. The highest BCUT2D eigenvalue weighted by molar-refractivity contribution is 5.79. The zero-order valence-corrected chi connectivity index (χ0v) is 17.8. The van der Waals surface area contributed by atoms with Crippen molar-refractivity contribution < 1.29 is 17.9 Å². The van der Waals surface area contributed by atoms with Gasteiger partial charge in [-0.1, -0.05) is 18.2 Å². The number of nitrogens with one attached hydrogen (secondary N) is 1. The van der Waals surface area contributed by atoms with Gasteiger partial charge in [0, 0.05) is 24.7 Å². The summed E-state index contributed by atoms with van der Waals surface area (Å²) in [4.78, 5) is 4.48. The van der Waals surface area contributed by atoms with Gasteiger partial charge in [0.15, 0.2) is 0 Å². The molecule has 0 unspecified atom stereocenters. The van der Waals surface area contributed by atoms with Crippen LogP contribution in [0.4, 0.5) is 18.9 Å². The average Bonchev–Trinajstić information content (AvgIpc) is 3.35. The van der Waals surface area contributed by atoms with Gasteiger partial charge in [-0.05, 0) is 60.9 Å². The Hall–Kier alpha value is -3.48. The predicted molar refractivity (Wildman–Crippen MR) is 119 cm³/mol. The summed E-state index contributed by atoms with van der Waals surface area (Å²) in [5.41, 5.74) is 5.34. The predicted octanol–water partition coefficient (Wildman–Crippen LogP) is 6.21. The Kier molecular flexibility index (Phi) is 4.84. The van der Waals surface area contributed by atoms with Crippen LogP contribution in [0.3, 0.4) is 0 Å². The van der Waals surface area contributed by atoms with Crippen molar-refractivity contribution in [3.8, 4) is 11.4 Å². The van der Waals surface area contributed by atoms with Gasteiger partial charge in [0.25, 0.3) is 0 Å². The zero-order chi connectivity index (χ0) is 22.5. The van der Waals surface area contributed by atoms with E-state index in [1.807, 2.05) is 44.2 Å². The lowest BCUT2D eigenvalue weighted by Crippen LogP contribution is -2.07. The van der Waals surface area contributed by atoms with Crippen molar-refractivity contribution >= 4 is 16.7 Å². The van der Waals surface area contributed by atoms with Gasteiger partial charge in [-0.25, -0.2) is 4.98 Å². The number of benzene rings is 3. The first kappa shape index (κ1) is 20.4. The Morgan fingerprint density at radius 2 is 1.91 bits per heavy atom. The van der Waals surface area contributed by atoms with Crippen LogP contribution in [0.1, 0.15) is 28.1 Å². The monoisotopic (exact) mass is 437 g/mol. The molecule has 0 aliphatic carbocycles. The molecule has 0 bridgehead atoms. The number of rotatable bonds is 4. The van der Waals surface area contributed by atoms with Crippen molar-refractivity contribution in [1.82, 2.24) is 9.55 Å². The molecule has 7 heteroatoms. The molecule has 164 valence electrons. The van der Waals surface area contributed by atoms with E-state index in [1.54, 1.807) is 4.57 Å². The molecular weight excluding hydrogens is 415 g/mol. The molecule has 1 aromatic heterocycles. The van der Waals surface area contributed by atoms with Gasteiger partial charge in [0.2, 0.25) is 0 Å². The van der Waals surface area contributed by atoms with E-state index in [-0.39, 0.29) is 0 Å². The number of ether oxygens (including phenoxy) is 1. The molecule has 5 rings (SSSR count). The average molecular weight is 437 g/mol. The van der Waals surface area contributed by atoms with Gasteiger partial charge >= 0.3 is 6.18 Å². The van der Waals surface area contributed by atoms with E-state index in [2.05, 4.69) is 16.4 Å². The number of imidazole rings is 1. The van der Waals surface area contributed by atoms with Crippen molar-refractivity contribution in [3.05, 3.63) is 82.7 Å². The molecule has 0 atom stereocenters. The maximum Gasteiger partial charge on any atom is 0.416 e. The Morgan fingerprint density at radius 3 is 2.72 bits per heavy atom. The van der Waals surface area contributed by atoms with Crippen molar-refractivity contribution in [3.63, 3.8) is 0 Å². The van der Waals surface area contributed by atoms with Gasteiger partial charge in [0.05, 0.1) is 28.9 Å². The first-order chi connectivity index (χ1) is 15.3. The molecule has 4 nitrogen and oxygen atoms in total. The van der Waals surface area contributed by atoms with Gasteiger partial charge in [-0.2, -0.15) is 13.2 Å². The Morgan fingerprint density at radius 1 is 1.06 bits per heavy atom. The SMILES string of the molecule is Cc1c(CNc2ccc3c(c2)OCC3)cccc1-n1c(C)nc2ccc(C(F)(F)F)cc21. The van der Waals surface area contributed by atoms with Crippen LogP contribution in [-0.2, 0) is 19.1 Å². The largest absolute Gasteiger partial charge is 0.493 e. The summed E-state index contributed by atoms with van der Waals surface area (Å²) in [7, 11) is 0. The van der Waals surface area contributed by atoms with E-state index in [0.29, 0.717) is 30.0 Å². The summed E-state index contributed by atoms with van der Waals surface area (Å²) in [5.74, 6) is 1.56. The number of nitrogens with zero attached hydrogens (tertiary/aromatic N) is 2. The summed E-state index contributed by atoms with van der Waals surface area (Å²) >= 11 is 0. The number of hydrogen-bond donors (Lipinski definition) is 1. The Balaban J connectivity index is 1.49. The highest BCUT2D eigenvalue weighted by Crippen LogP contribution is 2.33. The summed E-state index contributed by atoms with van der Waals surface area (Å²) in [5, 5.41) is 3.43. The molecule has 1 N–H and O–H groups in total. The highest BCUT2D eigenvalue weighted by Gasteiger charge is 2.31. The number of aryl methyl sites for hydroxylation is 1. The van der Waals surface area contributed by atoms with Crippen LogP contribution >= 0.6 is 0 Å². The van der Waals surface area contributed by atoms with E-state index in [0.717, 1.165) is 40.7 Å². The van der Waals surface area contributed by atoms with E-state index >= 15 is 0 Å². The molecule has 1 aliphatic rings. The molecule has 0 spiro atoms. The van der Waals surface area contributed by atoms with Crippen LogP contribution in [-0.4, -0.2) is 16.2 Å². The van der Waals surface area contributed by atoms with Crippen molar-refractivity contribution in [2.24, 2.45) is 0 Å². The summed E-state index contributed by atoms with van der Waals surface area (Å²) < 4.78 is 47.3. The van der Waals surface area contributed by atoms with Gasteiger partial charge in [0.1, 0.15) is 11.6 Å². The fourth-order valence-electron chi connectivity index (χ4n) is 4.25. The topological polar surface area (TPSA) is 39.1 Å². The van der Waals surface area contributed by atoms with E-state index < -0.39 is 11.7 Å². The summed E-state index contributed by atoms with van der Waals surface area (Å²) in [6.07, 6.45) is -3.47. The Labute approximate surface area is 183 Å². The quantitative estimate of drug-likeness (QED) is 0.413. The minimum Gasteiger partial charge on any atom is -0.493 e. The van der Waals surface area contributed by atoms with Crippen LogP contribution in [0.2, 0.25) is 0 Å². The third kappa shape index (κ3) is 3.57. The van der Waals surface area contributed by atoms with E-state index in [4.69, 9.17) is 4.74 Å². The van der Waals surface area contributed by atoms with Gasteiger partial charge in [-0.3, -0.25) is 4.57 Å². The number of hydrogen-bond acceptors (Lipinski definition) is 3. The second-order valence-electron chi connectivity index (χ2n) is 8.03. The smallest absolute Gasteiger partial charge is 0.416 e. The number of alkyl halides is 3. The number of fused-ring (bicyclic) bond motifs is 2. The van der Waals surface area contributed by atoms with E-state index in [1.165, 1.54) is 17.7 Å². The van der Waals surface area contributed by atoms with Crippen molar-refractivity contribution in [2.45, 2.75) is 33.0 Å². The third-order valence-corrected chi connectivity index (χ3v) is 5.99. The van der Waals surface area contributed by atoms with Crippen molar-refractivity contribution in [1.29, 1.82) is 0 Å². The lowest BCUT2D eigenvalue weighted by Gasteiger charge is -2.16. The van der Waals surface area contributed by atoms with Crippen LogP contribution < -0.4 is 10.1 Å². The zero-order valence-electron chi connectivity index (χ0n) is 17.8. The van der Waals surface area contributed by atoms with Crippen LogP contribution in [0.5, 0.6) is 5.75 Å². The first-order valence-corrected chi connectivity index (χ1v) is 10.5. The van der Waals surface area contributed by atoms with Crippen molar-refractivity contribution in [2.75, 3.05) is 11.9 Å². The van der Waals surface area contributed by atoms with Crippen LogP contribution in [0, 0.1) is 13.8 Å². The summed E-state index contributed by atoms with van der Waals surface area (Å²) in [6.45, 7) is 5.09. The van der Waals surface area contributed by atoms with Crippen LogP contribution in [0.25, 0.3) is 16.7 Å². The molecule has 0 saturated carbocycles. The number of halogens is 3. The fraction of sp³-hybridized carbons (Fsp3) is 0.240. The van der Waals surface area contributed by atoms with Crippen LogP contribution in [0.15, 0.2) is 54.6 Å². The van der Waals surface area contributed by atoms with E-state index in [9.17, 15) is 13.2 Å². The van der Waals surface area contributed by atoms with Gasteiger partial charge < -0.3 is 10.1 Å². The standard InChI is InChI=1S/C25H22F3N3O/c1-15-18(14-29-20-8-6-17-10-11-32-24(17)13-20)4-3-5-22(15)31-16(2)30-21-9-7-19(12-23(21)31)25(26,27)28/h3-9,12-13,29H,10-11,14H2,1-2H3. The first-order valence-electron chi connectivity index (χ1n) is 10.5. The fourth-order valence-corrected chi connectivity index (χ4v) is 4.25. The minimum absolute atomic E-state index is 0.446. The molecular formula is C25H22F3N3O. The highest BCUT2D eigenvalue weighted by atomic mass is 19.4. The molecule has 1 aliphatic heterocycles. The molecule has 0 radical (unpaired) electrons. The third-order valence-electron chi connectivity index (χ3n) is 5.99. The lowest BCUT2D eigenvalue weighted by molar-refractivity contribution is -0.137. The number of anilines is 1. The Bertz CT molecular complexity index is 1320. The van der Waals surface area contributed by atoms with Gasteiger partial charge in [-0.15, -0.1) is 0 Å². The molecule has 0 fully saturated rings. The molecule has 0 amide bonds. The molecule has 3 aromatic carbocycles. The molecule has 2 heterocycles. The lowest BCUT2D eigenvalue weighted by atomic mass is 10.1. The molecule has 32 heavy (non-hydrogen) atoms. The summed E-state index contributed by atoms with van der Waals surface area (Å²) in [6, 6.07) is 15.7. The normalized spacial score (nSPS) is 13.3. The minimum atomic E-state index is -4.41. The maximum atomic E-state index is 13.3. The maximum absolute atomic E-state index is 13.3.